The Balaban J connectivity index is 1.38. The number of carbonyl (C=O) groups excluding carboxylic acids is 1. The number of hydrogen-bond acceptors (Lipinski definition) is 5. The van der Waals surface area contributed by atoms with Crippen molar-refractivity contribution in [1.29, 1.82) is 0 Å². The maximum Gasteiger partial charge on any atom is 0.230 e. The van der Waals surface area contributed by atoms with Gasteiger partial charge in [-0.1, -0.05) is 72.4 Å². The first kappa shape index (κ1) is 21.8. The van der Waals surface area contributed by atoms with Gasteiger partial charge < -0.3 is 5.32 Å². The minimum atomic E-state index is -0.0915. The molecule has 2 aromatic carbocycles. The second-order valence-electron chi connectivity index (χ2n) is 7.58. The van der Waals surface area contributed by atoms with Crippen LogP contribution in [0.5, 0.6) is 0 Å². The molecule has 2 aromatic heterocycles. The van der Waals surface area contributed by atoms with Crippen LogP contribution in [0.2, 0.25) is 0 Å². The van der Waals surface area contributed by atoms with Crippen LogP contribution in [0.25, 0.3) is 5.82 Å². The Morgan fingerprint density at radius 3 is 2.31 bits per heavy atom. The average molecular weight is 444 g/mol. The van der Waals surface area contributed by atoms with E-state index in [0.717, 1.165) is 23.4 Å². The Bertz CT molecular complexity index is 1160. The van der Waals surface area contributed by atoms with Crippen molar-refractivity contribution in [2.45, 2.75) is 31.3 Å². The Kier molecular flexibility index (Phi) is 6.97. The van der Waals surface area contributed by atoms with Gasteiger partial charge in [0, 0.05) is 5.69 Å². The highest BCUT2D eigenvalue weighted by Gasteiger charge is 2.16. The van der Waals surface area contributed by atoms with Crippen LogP contribution in [0.1, 0.15) is 28.6 Å². The summed E-state index contributed by atoms with van der Waals surface area (Å²) in [4.78, 5) is 12.7. The lowest BCUT2D eigenvalue weighted by molar-refractivity contribution is -0.119. The van der Waals surface area contributed by atoms with Crippen LogP contribution in [0.15, 0.2) is 83.9 Å². The van der Waals surface area contributed by atoms with E-state index in [-0.39, 0.29) is 17.7 Å². The van der Waals surface area contributed by atoms with Gasteiger partial charge >= 0.3 is 0 Å². The van der Waals surface area contributed by atoms with Crippen molar-refractivity contribution in [2.24, 2.45) is 0 Å². The summed E-state index contributed by atoms with van der Waals surface area (Å²) in [5.41, 5.74) is 4.20. The molecule has 0 radical (unpaired) electrons. The van der Waals surface area contributed by atoms with Crippen molar-refractivity contribution >= 4 is 17.7 Å². The van der Waals surface area contributed by atoms with Crippen molar-refractivity contribution in [2.75, 3.05) is 5.75 Å². The molecule has 32 heavy (non-hydrogen) atoms. The molecule has 6 nitrogen and oxygen atoms in total. The predicted octanol–water partition coefficient (Wildman–Crippen LogP) is 4.47. The summed E-state index contributed by atoms with van der Waals surface area (Å²) >= 11 is 1.37. The molecule has 4 aromatic rings. The monoisotopic (exact) mass is 443 g/mol. The molecule has 1 amide bonds. The molecule has 0 bridgehead atoms. The zero-order valence-electron chi connectivity index (χ0n) is 18.1. The van der Waals surface area contributed by atoms with E-state index in [4.69, 9.17) is 0 Å². The van der Waals surface area contributed by atoms with Crippen LogP contribution in [-0.4, -0.2) is 31.6 Å². The van der Waals surface area contributed by atoms with Crippen LogP contribution in [0.4, 0.5) is 0 Å². The maximum absolute atomic E-state index is 12.7. The van der Waals surface area contributed by atoms with Crippen LogP contribution >= 0.6 is 11.8 Å². The fourth-order valence-electron chi connectivity index (χ4n) is 3.53. The summed E-state index contributed by atoms with van der Waals surface area (Å²) in [5, 5.41) is 16.8. The van der Waals surface area contributed by atoms with Crippen molar-refractivity contribution in [3.63, 3.8) is 0 Å². The SMILES string of the molecule is Cc1cc(C)n(-c2ccc(SCC(=O)NC(Cc3ccccc3)c3ccccc3)nn2)n1. The van der Waals surface area contributed by atoms with Gasteiger partial charge in [0.2, 0.25) is 5.91 Å². The molecular formula is C25H25N5OS. The fraction of sp³-hybridized carbons (Fsp3) is 0.200. The van der Waals surface area contributed by atoms with E-state index in [1.807, 2.05) is 80.6 Å². The molecule has 0 spiro atoms. The smallest absolute Gasteiger partial charge is 0.230 e. The van der Waals surface area contributed by atoms with E-state index in [2.05, 4.69) is 32.7 Å². The fourth-order valence-corrected chi connectivity index (χ4v) is 4.15. The number of carbonyl (C=O) groups is 1. The molecule has 1 N–H and O–H groups in total. The van der Waals surface area contributed by atoms with Crippen molar-refractivity contribution in [1.82, 2.24) is 25.3 Å². The third-order valence-corrected chi connectivity index (χ3v) is 5.94. The summed E-state index contributed by atoms with van der Waals surface area (Å²) in [5.74, 6) is 0.895. The normalized spacial score (nSPS) is 11.8. The summed E-state index contributed by atoms with van der Waals surface area (Å²) in [6.07, 6.45) is 0.735. The number of rotatable bonds is 8. The topological polar surface area (TPSA) is 72.7 Å². The van der Waals surface area contributed by atoms with E-state index in [9.17, 15) is 4.79 Å². The number of amides is 1. The molecule has 1 atom stereocenters. The summed E-state index contributed by atoms with van der Waals surface area (Å²) in [6.45, 7) is 3.92. The largest absolute Gasteiger partial charge is 0.348 e. The number of aryl methyl sites for hydroxylation is 2. The first-order chi connectivity index (χ1) is 15.6. The van der Waals surface area contributed by atoms with Gasteiger partial charge in [0.25, 0.3) is 0 Å². The van der Waals surface area contributed by atoms with Crippen LogP contribution in [0, 0.1) is 13.8 Å². The molecule has 0 saturated heterocycles. The quantitative estimate of drug-likeness (QED) is 0.407. The van der Waals surface area contributed by atoms with Gasteiger partial charge in [-0.3, -0.25) is 4.79 Å². The minimum Gasteiger partial charge on any atom is -0.348 e. The van der Waals surface area contributed by atoms with Gasteiger partial charge in [-0.25, -0.2) is 4.68 Å². The van der Waals surface area contributed by atoms with E-state index in [0.29, 0.717) is 10.8 Å². The van der Waals surface area contributed by atoms with E-state index >= 15 is 0 Å². The Morgan fingerprint density at radius 1 is 0.969 bits per heavy atom. The number of thioether (sulfide) groups is 1. The number of benzene rings is 2. The standard InChI is InChI=1S/C25H25N5OS/c1-18-15-19(2)30(29-18)23-13-14-25(28-27-23)32-17-24(31)26-22(21-11-7-4-8-12-21)16-20-9-5-3-6-10-20/h3-15,22H,16-17H2,1-2H3,(H,26,31). The molecule has 7 heteroatoms. The van der Waals surface area contributed by atoms with Gasteiger partial charge in [0.05, 0.1) is 17.5 Å². The van der Waals surface area contributed by atoms with Crippen molar-refractivity contribution in [3.05, 3.63) is 101 Å². The average Bonchev–Trinajstić information content (AvgIpc) is 3.16. The Morgan fingerprint density at radius 2 is 1.69 bits per heavy atom. The van der Waals surface area contributed by atoms with Crippen LogP contribution < -0.4 is 5.32 Å². The van der Waals surface area contributed by atoms with E-state index < -0.39 is 0 Å². The highest BCUT2D eigenvalue weighted by atomic mass is 32.2. The molecule has 0 saturated carbocycles. The molecule has 162 valence electrons. The summed E-state index contributed by atoms with van der Waals surface area (Å²) < 4.78 is 1.76. The van der Waals surface area contributed by atoms with Gasteiger partial charge in [0.1, 0.15) is 5.03 Å². The number of nitrogens with zero attached hydrogens (tertiary/aromatic N) is 4. The predicted molar refractivity (Wildman–Crippen MR) is 127 cm³/mol. The first-order valence-corrected chi connectivity index (χ1v) is 11.5. The highest BCUT2D eigenvalue weighted by Crippen LogP contribution is 2.20. The molecular weight excluding hydrogens is 418 g/mol. The lowest BCUT2D eigenvalue weighted by Crippen LogP contribution is -2.31. The van der Waals surface area contributed by atoms with Crippen LogP contribution in [0.3, 0.4) is 0 Å². The maximum atomic E-state index is 12.7. The highest BCUT2D eigenvalue weighted by molar-refractivity contribution is 7.99. The molecule has 0 aliphatic carbocycles. The van der Waals surface area contributed by atoms with Crippen LogP contribution in [-0.2, 0) is 11.2 Å². The molecule has 0 aliphatic rings. The number of nitrogens with one attached hydrogen (secondary N) is 1. The van der Waals surface area contributed by atoms with Crippen molar-refractivity contribution in [3.8, 4) is 5.82 Å². The molecule has 4 rings (SSSR count). The molecule has 2 heterocycles. The second-order valence-corrected chi connectivity index (χ2v) is 8.57. The van der Waals surface area contributed by atoms with Gasteiger partial charge in [-0.05, 0) is 49.6 Å². The zero-order valence-corrected chi connectivity index (χ0v) is 18.9. The van der Waals surface area contributed by atoms with Crippen molar-refractivity contribution < 1.29 is 4.79 Å². The van der Waals surface area contributed by atoms with E-state index in [1.54, 1.807) is 4.68 Å². The third-order valence-electron chi connectivity index (χ3n) is 5.02. The van der Waals surface area contributed by atoms with Gasteiger partial charge in [-0.15, -0.1) is 10.2 Å². The second kappa shape index (κ2) is 10.2. The summed E-state index contributed by atoms with van der Waals surface area (Å²) in [6, 6.07) is 25.9. The molecule has 0 fully saturated rings. The Hall–Kier alpha value is -3.45. The third kappa shape index (κ3) is 5.62. The van der Waals surface area contributed by atoms with E-state index in [1.165, 1.54) is 17.3 Å². The minimum absolute atomic E-state index is 0.0378. The molecule has 1 unspecified atom stereocenters. The van der Waals surface area contributed by atoms with Gasteiger partial charge in [-0.2, -0.15) is 5.10 Å². The molecule has 0 aliphatic heterocycles. The number of aromatic nitrogens is 4. The lowest BCUT2D eigenvalue weighted by Gasteiger charge is -2.19. The van der Waals surface area contributed by atoms with Gasteiger partial charge in [0.15, 0.2) is 5.82 Å². The lowest BCUT2D eigenvalue weighted by atomic mass is 9.99. The Labute approximate surface area is 192 Å². The number of hydrogen-bond donors (Lipinski definition) is 1. The summed E-state index contributed by atoms with van der Waals surface area (Å²) in [7, 11) is 0. The zero-order chi connectivity index (χ0) is 22.3. The first-order valence-electron chi connectivity index (χ1n) is 10.5.